The molecule has 1 aromatic carbocycles. The zero-order chi connectivity index (χ0) is 13.8. The normalized spacial score (nSPS) is 22.1. The summed E-state index contributed by atoms with van der Waals surface area (Å²) in [7, 11) is 0. The first kappa shape index (κ1) is 14.2. The molecule has 2 fully saturated rings. The van der Waals surface area contributed by atoms with Crippen LogP contribution in [0.5, 0.6) is 0 Å². The summed E-state index contributed by atoms with van der Waals surface area (Å²) in [5.41, 5.74) is 5.16. The highest BCUT2D eigenvalue weighted by atomic mass is 14.3. The predicted octanol–water partition coefficient (Wildman–Crippen LogP) is 6.34. The molecule has 0 nitrogen and oxygen atoms in total. The second-order valence-electron chi connectivity index (χ2n) is 6.94. The smallest absolute Gasteiger partial charge is 0.0159 e. The van der Waals surface area contributed by atoms with Crippen LogP contribution in [-0.4, -0.2) is 0 Å². The van der Waals surface area contributed by atoms with Crippen LogP contribution in [0.15, 0.2) is 18.2 Å². The van der Waals surface area contributed by atoms with Crippen LogP contribution in [0, 0.1) is 0 Å². The standard InChI is InChI=1S/C20H30/c1-2-18-19(16-10-5-3-6-11-16)14-9-15-20(18)17-12-7-4-8-13-17/h9,14-17H,2-8,10-13H2,1H3. The van der Waals surface area contributed by atoms with Crippen molar-refractivity contribution in [2.24, 2.45) is 0 Å². The third-order valence-electron chi connectivity index (χ3n) is 5.69. The van der Waals surface area contributed by atoms with Gasteiger partial charge in [-0.25, -0.2) is 0 Å². The number of benzene rings is 1. The first-order chi connectivity index (χ1) is 9.90. The average molecular weight is 270 g/mol. The van der Waals surface area contributed by atoms with Crippen LogP contribution in [0.1, 0.15) is 99.7 Å². The highest BCUT2D eigenvalue weighted by molar-refractivity contribution is 5.40. The van der Waals surface area contributed by atoms with Crippen LogP contribution in [0.2, 0.25) is 0 Å². The van der Waals surface area contributed by atoms with E-state index in [9.17, 15) is 0 Å². The lowest BCUT2D eigenvalue weighted by Crippen LogP contribution is -2.12. The Morgan fingerprint density at radius 1 is 0.750 bits per heavy atom. The maximum absolute atomic E-state index is 2.45. The maximum atomic E-state index is 2.45. The first-order valence-electron chi connectivity index (χ1n) is 9.02. The zero-order valence-electron chi connectivity index (χ0n) is 13.2. The Bertz CT molecular complexity index is 383. The van der Waals surface area contributed by atoms with Gasteiger partial charge in [-0.15, -0.1) is 0 Å². The monoisotopic (exact) mass is 270 g/mol. The van der Waals surface area contributed by atoms with Crippen molar-refractivity contribution in [2.75, 3.05) is 0 Å². The Morgan fingerprint density at radius 2 is 1.20 bits per heavy atom. The van der Waals surface area contributed by atoms with Gasteiger partial charge in [0.25, 0.3) is 0 Å². The Morgan fingerprint density at radius 3 is 1.60 bits per heavy atom. The van der Waals surface area contributed by atoms with Crippen molar-refractivity contribution in [3.8, 4) is 0 Å². The van der Waals surface area contributed by atoms with E-state index < -0.39 is 0 Å². The molecule has 0 N–H and O–H groups in total. The zero-order valence-corrected chi connectivity index (χ0v) is 13.2. The fourth-order valence-electron chi connectivity index (χ4n) is 4.62. The molecule has 2 aliphatic carbocycles. The molecule has 2 aliphatic rings. The van der Waals surface area contributed by atoms with Gasteiger partial charge in [-0.3, -0.25) is 0 Å². The molecule has 0 aliphatic heterocycles. The highest BCUT2D eigenvalue weighted by Gasteiger charge is 2.23. The molecule has 0 bridgehead atoms. The quantitative estimate of drug-likeness (QED) is 0.600. The van der Waals surface area contributed by atoms with Gasteiger partial charge >= 0.3 is 0 Å². The molecule has 0 radical (unpaired) electrons. The van der Waals surface area contributed by atoms with Gasteiger partial charge in [0.2, 0.25) is 0 Å². The van der Waals surface area contributed by atoms with Crippen LogP contribution in [0.4, 0.5) is 0 Å². The number of rotatable bonds is 3. The van der Waals surface area contributed by atoms with Gasteiger partial charge in [0.1, 0.15) is 0 Å². The van der Waals surface area contributed by atoms with Crippen molar-refractivity contribution in [1.82, 2.24) is 0 Å². The summed E-state index contributed by atoms with van der Waals surface area (Å²) in [4.78, 5) is 0. The summed E-state index contributed by atoms with van der Waals surface area (Å²) in [6.45, 7) is 2.37. The van der Waals surface area contributed by atoms with E-state index in [1.54, 1.807) is 16.7 Å². The predicted molar refractivity (Wildman–Crippen MR) is 87.5 cm³/mol. The van der Waals surface area contributed by atoms with E-state index in [4.69, 9.17) is 0 Å². The molecule has 2 saturated carbocycles. The van der Waals surface area contributed by atoms with Gasteiger partial charge in [-0.2, -0.15) is 0 Å². The fraction of sp³-hybridized carbons (Fsp3) is 0.700. The van der Waals surface area contributed by atoms with E-state index in [1.165, 1.54) is 70.6 Å². The van der Waals surface area contributed by atoms with Crippen LogP contribution >= 0.6 is 0 Å². The second kappa shape index (κ2) is 6.78. The topological polar surface area (TPSA) is 0 Å². The largest absolute Gasteiger partial charge is 0.0617 e. The Balaban J connectivity index is 1.89. The Hall–Kier alpha value is -0.780. The molecule has 0 heteroatoms. The van der Waals surface area contributed by atoms with Crippen LogP contribution in [-0.2, 0) is 6.42 Å². The van der Waals surface area contributed by atoms with Gasteiger partial charge in [-0.1, -0.05) is 63.6 Å². The van der Waals surface area contributed by atoms with Gasteiger partial charge in [0, 0.05) is 0 Å². The van der Waals surface area contributed by atoms with Crippen molar-refractivity contribution in [3.05, 3.63) is 34.9 Å². The molecular formula is C20H30. The molecule has 0 heterocycles. The van der Waals surface area contributed by atoms with E-state index in [-0.39, 0.29) is 0 Å². The van der Waals surface area contributed by atoms with Gasteiger partial charge in [0.15, 0.2) is 0 Å². The fourth-order valence-corrected chi connectivity index (χ4v) is 4.62. The highest BCUT2D eigenvalue weighted by Crippen LogP contribution is 2.40. The molecule has 110 valence electrons. The molecule has 3 rings (SSSR count). The van der Waals surface area contributed by atoms with E-state index in [2.05, 4.69) is 25.1 Å². The SMILES string of the molecule is CCc1c(C2CCCCC2)cccc1C1CCCCC1. The lowest BCUT2D eigenvalue weighted by Gasteiger charge is -2.29. The van der Waals surface area contributed by atoms with Crippen LogP contribution in [0.25, 0.3) is 0 Å². The Labute approximate surface area is 125 Å². The summed E-state index contributed by atoms with van der Waals surface area (Å²) in [6, 6.07) is 7.25. The van der Waals surface area contributed by atoms with Crippen molar-refractivity contribution >= 4 is 0 Å². The van der Waals surface area contributed by atoms with Crippen molar-refractivity contribution in [2.45, 2.75) is 89.4 Å². The second-order valence-corrected chi connectivity index (χ2v) is 6.94. The third kappa shape index (κ3) is 2.95. The summed E-state index contributed by atoms with van der Waals surface area (Å²) in [6.07, 6.45) is 15.7. The van der Waals surface area contributed by atoms with E-state index in [1.807, 2.05) is 0 Å². The van der Waals surface area contributed by atoms with E-state index >= 15 is 0 Å². The molecule has 0 amide bonds. The molecule has 1 aromatic rings. The average Bonchev–Trinajstić information content (AvgIpc) is 2.55. The lowest BCUT2D eigenvalue weighted by molar-refractivity contribution is 0.432. The summed E-state index contributed by atoms with van der Waals surface area (Å²) >= 11 is 0. The van der Waals surface area contributed by atoms with Crippen LogP contribution in [0.3, 0.4) is 0 Å². The molecule has 0 aromatic heterocycles. The Kier molecular flexibility index (Phi) is 4.81. The number of hydrogen-bond acceptors (Lipinski definition) is 0. The number of hydrogen-bond donors (Lipinski definition) is 0. The molecule has 0 unspecified atom stereocenters. The third-order valence-corrected chi connectivity index (χ3v) is 5.69. The maximum Gasteiger partial charge on any atom is -0.0159 e. The first-order valence-corrected chi connectivity index (χ1v) is 9.02. The van der Waals surface area contributed by atoms with Crippen molar-refractivity contribution in [1.29, 1.82) is 0 Å². The summed E-state index contributed by atoms with van der Waals surface area (Å²) in [5, 5.41) is 0. The molecule has 0 atom stereocenters. The van der Waals surface area contributed by atoms with Gasteiger partial charge < -0.3 is 0 Å². The molecule has 0 spiro atoms. The van der Waals surface area contributed by atoms with E-state index in [0.717, 1.165) is 11.8 Å². The molecule has 20 heavy (non-hydrogen) atoms. The van der Waals surface area contributed by atoms with E-state index in [0.29, 0.717) is 0 Å². The minimum Gasteiger partial charge on any atom is -0.0617 e. The summed E-state index contributed by atoms with van der Waals surface area (Å²) < 4.78 is 0. The minimum absolute atomic E-state index is 0.863. The summed E-state index contributed by atoms with van der Waals surface area (Å²) in [5.74, 6) is 1.73. The lowest BCUT2D eigenvalue weighted by atomic mass is 9.76. The molecule has 0 saturated heterocycles. The van der Waals surface area contributed by atoms with Crippen molar-refractivity contribution < 1.29 is 0 Å². The van der Waals surface area contributed by atoms with Gasteiger partial charge in [0.05, 0.1) is 0 Å². The van der Waals surface area contributed by atoms with Crippen LogP contribution < -0.4 is 0 Å². The minimum atomic E-state index is 0.863. The molecular weight excluding hydrogens is 240 g/mol. The van der Waals surface area contributed by atoms with Gasteiger partial charge in [-0.05, 0) is 60.6 Å². The van der Waals surface area contributed by atoms with Crippen molar-refractivity contribution in [3.63, 3.8) is 0 Å².